The molecule has 0 atom stereocenters. The minimum Gasteiger partial charge on any atom is -0.353 e. The van der Waals surface area contributed by atoms with Crippen LogP contribution in [0.1, 0.15) is 40.0 Å². The highest BCUT2D eigenvalue weighted by atomic mass is 16.1. The van der Waals surface area contributed by atoms with Gasteiger partial charge in [0, 0.05) is 38.1 Å². The van der Waals surface area contributed by atoms with Crippen molar-refractivity contribution < 1.29 is 4.79 Å². The molecule has 1 fully saturated rings. The zero-order valence-electron chi connectivity index (χ0n) is 11.5. The molecule has 0 aromatic carbocycles. The lowest BCUT2D eigenvalue weighted by Gasteiger charge is -2.34. The number of hydrogen-bond acceptors (Lipinski definition) is 3. The number of rotatable bonds is 6. The molecule has 0 spiro atoms. The standard InChI is InChI=1S/C13H27N3O/c1-4-14-8-5-13(17)15-12-6-9-16(10-7-12)11(2)3/h11-12,14H,4-10H2,1-3H3,(H,15,17). The van der Waals surface area contributed by atoms with Crippen LogP contribution in [0.2, 0.25) is 0 Å². The van der Waals surface area contributed by atoms with Crippen molar-refractivity contribution in [3.8, 4) is 0 Å². The van der Waals surface area contributed by atoms with Gasteiger partial charge in [-0.2, -0.15) is 0 Å². The lowest BCUT2D eigenvalue weighted by Crippen LogP contribution is -2.46. The second kappa shape index (κ2) is 7.67. The number of nitrogens with zero attached hydrogens (tertiary/aromatic N) is 1. The van der Waals surface area contributed by atoms with Crippen molar-refractivity contribution in [3.05, 3.63) is 0 Å². The molecule has 0 aromatic heterocycles. The van der Waals surface area contributed by atoms with E-state index in [2.05, 4.69) is 36.3 Å². The molecule has 1 amide bonds. The fraction of sp³-hybridized carbons (Fsp3) is 0.923. The first-order valence-corrected chi connectivity index (χ1v) is 6.87. The van der Waals surface area contributed by atoms with Crippen LogP contribution in [0.3, 0.4) is 0 Å². The van der Waals surface area contributed by atoms with E-state index in [1.807, 2.05) is 0 Å². The van der Waals surface area contributed by atoms with E-state index < -0.39 is 0 Å². The van der Waals surface area contributed by atoms with E-state index in [-0.39, 0.29) is 5.91 Å². The van der Waals surface area contributed by atoms with E-state index in [1.165, 1.54) is 0 Å². The average molecular weight is 241 g/mol. The van der Waals surface area contributed by atoms with Crippen LogP contribution in [0, 0.1) is 0 Å². The van der Waals surface area contributed by atoms with E-state index in [4.69, 9.17) is 0 Å². The van der Waals surface area contributed by atoms with Crippen molar-refractivity contribution in [2.75, 3.05) is 26.2 Å². The monoisotopic (exact) mass is 241 g/mol. The van der Waals surface area contributed by atoms with Crippen molar-refractivity contribution in [1.29, 1.82) is 0 Å². The van der Waals surface area contributed by atoms with E-state index in [0.717, 1.165) is 39.0 Å². The first-order valence-electron chi connectivity index (χ1n) is 6.87. The predicted molar refractivity (Wildman–Crippen MR) is 71.0 cm³/mol. The maximum absolute atomic E-state index is 11.6. The Hall–Kier alpha value is -0.610. The van der Waals surface area contributed by atoms with Gasteiger partial charge in [-0.25, -0.2) is 0 Å². The third-order valence-corrected chi connectivity index (χ3v) is 3.40. The third kappa shape index (κ3) is 5.50. The number of carbonyl (C=O) groups excluding carboxylic acids is 1. The van der Waals surface area contributed by atoms with Gasteiger partial charge in [0.2, 0.25) is 5.91 Å². The molecule has 0 aliphatic carbocycles. The molecule has 4 heteroatoms. The Morgan fingerprint density at radius 2 is 2.00 bits per heavy atom. The van der Waals surface area contributed by atoms with Gasteiger partial charge in [0.1, 0.15) is 0 Å². The summed E-state index contributed by atoms with van der Waals surface area (Å²) in [6, 6.07) is 1.01. The van der Waals surface area contributed by atoms with Crippen molar-refractivity contribution in [3.63, 3.8) is 0 Å². The normalized spacial score (nSPS) is 18.6. The molecular weight excluding hydrogens is 214 g/mol. The van der Waals surface area contributed by atoms with Crippen LogP contribution in [0.25, 0.3) is 0 Å². The van der Waals surface area contributed by atoms with Crippen molar-refractivity contribution in [1.82, 2.24) is 15.5 Å². The van der Waals surface area contributed by atoms with Crippen LogP contribution in [-0.4, -0.2) is 49.1 Å². The van der Waals surface area contributed by atoms with Gasteiger partial charge in [-0.1, -0.05) is 6.92 Å². The molecule has 1 aliphatic rings. The SMILES string of the molecule is CCNCCC(=O)NC1CCN(C(C)C)CC1. The molecule has 100 valence electrons. The summed E-state index contributed by atoms with van der Waals surface area (Å²) in [5.41, 5.74) is 0. The molecule has 4 nitrogen and oxygen atoms in total. The Morgan fingerprint density at radius 3 is 2.53 bits per heavy atom. The van der Waals surface area contributed by atoms with Gasteiger partial charge in [0.25, 0.3) is 0 Å². The Labute approximate surface area is 105 Å². The Balaban J connectivity index is 2.15. The smallest absolute Gasteiger partial charge is 0.221 e. The van der Waals surface area contributed by atoms with E-state index in [0.29, 0.717) is 18.5 Å². The minimum atomic E-state index is 0.189. The molecule has 0 bridgehead atoms. The number of amides is 1. The van der Waals surface area contributed by atoms with E-state index in [1.54, 1.807) is 0 Å². The molecule has 0 radical (unpaired) electrons. The fourth-order valence-electron chi connectivity index (χ4n) is 2.24. The molecule has 1 saturated heterocycles. The highest BCUT2D eigenvalue weighted by Gasteiger charge is 2.21. The number of carbonyl (C=O) groups is 1. The zero-order valence-corrected chi connectivity index (χ0v) is 11.5. The summed E-state index contributed by atoms with van der Waals surface area (Å²) in [5.74, 6) is 0.189. The maximum Gasteiger partial charge on any atom is 0.221 e. The van der Waals surface area contributed by atoms with Crippen molar-refractivity contribution in [2.24, 2.45) is 0 Å². The second-order valence-corrected chi connectivity index (χ2v) is 5.08. The number of nitrogens with one attached hydrogen (secondary N) is 2. The van der Waals surface area contributed by atoms with Gasteiger partial charge >= 0.3 is 0 Å². The molecule has 0 saturated carbocycles. The molecule has 1 aliphatic heterocycles. The molecule has 1 heterocycles. The molecule has 17 heavy (non-hydrogen) atoms. The van der Waals surface area contributed by atoms with Crippen LogP contribution < -0.4 is 10.6 Å². The van der Waals surface area contributed by atoms with E-state index >= 15 is 0 Å². The molecule has 2 N–H and O–H groups in total. The maximum atomic E-state index is 11.6. The predicted octanol–water partition coefficient (Wildman–Crippen LogP) is 0.975. The van der Waals surface area contributed by atoms with Crippen LogP contribution in [0.4, 0.5) is 0 Å². The summed E-state index contributed by atoms with van der Waals surface area (Å²) in [5, 5.41) is 6.30. The summed E-state index contributed by atoms with van der Waals surface area (Å²) in [6.07, 6.45) is 2.77. The Bertz CT molecular complexity index is 223. The first-order chi connectivity index (χ1) is 8.13. The summed E-state index contributed by atoms with van der Waals surface area (Å²) < 4.78 is 0. The van der Waals surface area contributed by atoms with Crippen LogP contribution in [-0.2, 0) is 4.79 Å². The second-order valence-electron chi connectivity index (χ2n) is 5.08. The van der Waals surface area contributed by atoms with Crippen molar-refractivity contribution >= 4 is 5.91 Å². The topological polar surface area (TPSA) is 44.4 Å². The van der Waals surface area contributed by atoms with Gasteiger partial charge in [0.05, 0.1) is 0 Å². The minimum absolute atomic E-state index is 0.189. The number of piperidine rings is 1. The number of hydrogen-bond donors (Lipinski definition) is 2. The van der Waals surface area contributed by atoms with Gasteiger partial charge in [0.15, 0.2) is 0 Å². The quantitative estimate of drug-likeness (QED) is 0.681. The zero-order chi connectivity index (χ0) is 12.7. The molecule has 1 rings (SSSR count). The van der Waals surface area contributed by atoms with Crippen LogP contribution in [0.15, 0.2) is 0 Å². The molecule has 0 aromatic rings. The molecular formula is C13H27N3O. The summed E-state index contributed by atoms with van der Waals surface area (Å²) in [6.45, 7) is 10.4. The van der Waals surface area contributed by atoms with Gasteiger partial charge in [-0.3, -0.25) is 4.79 Å². The average Bonchev–Trinajstić information content (AvgIpc) is 2.30. The summed E-state index contributed by atoms with van der Waals surface area (Å²) >= 11 is 0. The fourth-order valence-corrected chi connectivity index (χ4v) is 2.24. The Morgan fingerprint density at radius 1 is 1.35 bits per heavy atom. The molecule has 0 unspecified atom stereocenters. The lowest BCUT2D eigenvalue weighted by molar-refractivity contribution is -0.122. The largest absolute Gasteiger partial charge is 0.353 e. The number of likely N-dealkylation sites (tertiary alicyclic amines) is 1. The van der Waals surface area contributed by atoms with Gasteiger partial charge < -0.3 is 15.5 Å². The van der Waals surface area contributed by atoms with Gasteiger partial charge in [-0.05, 0) is 33.2 Å². The van der Waals surface area contributed by atoms with Gasteiger partial charge in [-0.15, -0.1) is 0 Å². The highest BCUT2D eigenvalue weighted by molar-refractivity contribution is 5.76. The summed E-state index contributed by atoms with van der Waals surface area (Å²) in [7, 11) is 0. The summed E-state index contributed by atoms with van der Waals surface area (Å²) in [4.78, 5) is 14.1. The van der Waals surface area contributed by atoms with E-state index in [9.17, 15) is 4.79 Å². The first kappa shape index (κ1) is 14.5. The van der Waals surface area contributed by atoms with Crippen LogP contribution >= 0.6 is 0 Å². The lowest BCUT2D eigenvalue weighted by atomic mass is 10.0. The van der Waals surface area contributed by atoms with Crippen molar-refractivity contribution in [2.45, 2.75) is 52.1 Å². The Kier molecular flexibility index (Phi) is 6.52. The van der Waals surface area contributed by atoms with Crippen LogP contribution in [0.5, 0.6) is 0 Å². The third-order valence-electron chi connectivity index (χ3n) is 3.40. The highest BCUT2D eigenvalue weighted by Crippen LogP contribution is 2.12.